The van der Waals surface area contributed by atoms with Crippen LogP contribution in [0.4, 0.5) is 45.5 Å². The predicted octanol–water partition coefficient (Wildman–Crippen LogP) is 9.30. The van der Waals surface area contributed by atoms with E-state index in [1.807, 2.05) is 13.8 Å². The zero-order valence-electron chi connectivity index (χ0n) is 27.1. The molecule has 0 fully saturated rings. The van der Waals surface area contributed by atoms with E-state index in [4.69, 9.17) is 9.47 Å². The summed E-state index contributed by atoms with van der Waals surface area (Å²) >= 11 is 0. The van der Waals surface area contributed by atoms with Gasteiger partial charge in [-0.25, -0.2) is 9.97 Å². The molecule has 1 heterocycles. The third kappa shape index (κ3) is 9.88. The van der Waals surface area contributed by atoms with Crippen molar-refractivity contribution in [3.8, 4) is 22.6 Å². The molecule has 0 N–H and O–H groups in total. The van der Waals surface area contributed by atoms with Gasteiger partial charge >= 0.3 is 18.5 Å². The molecule has 0 aliphatic heterocycles. The van der Waals surface area contributed by atoms with Crippen molar-refractivity contribution in [2.75, 3.05) is 30.6 Å². The summed E-state index contributed by atoms with van der Waals surface area (Å²) in [4.78, 5) is 9.52. The molecule has 0 aliphatic carbocycles. The molecule has 0 amide bonds. The molecular formula is C34H32F9N3O3S. The Kier molecular flexibility index (Phi) is 11.7. The average Bonchev–Trinajstić information content (AvgIpc) is 3.03. The van der Waals surface area contributed by atoms with Crippen molar-refractivity contribution in [2.45, 2.75) is 51.4 Å². The number of alkyl halides is 9. The van der Waals surface area contributed by atoms with Crippen molar-refractivity contribution < 1.29 is 53.2 Å². The van der Waals surface area contributed by atoms with Crippen LogP contribution in [0.15, 0.2) is 67.0 Å². The van der Waals surface area contributed by atoms with Crippen LogP contribution < -0.4 is 14.4 Å². The van der Waals surface area contributed by atoms with Crippen LogP contribution in [0.3, 0.4) is 0 Å². The second kappa shape index (κ2) is 15.3. The van der Waals surface area contributed by atoms with Gasteiger partial charge in [0.15, 0.2) is 5.75 Å². The van der Waals surface area contributed by atoms with Gasteiger partial charge in [0.1, 0.15) is 5.75 Å². The topological polar surface area (TPSA) is 64.6 Å². The van der Waals surface area contributed by atoms with Gasteiger partial charge in [0.25, 0.3) is 0 Å². The first kappa shape index (κ1) is 38.5. The number of aromatic nitrogens is 2. The maximum absolute atomic E-state index is 14.0. The number of benzene rings is 3. The molecule has 0 spiro atoms. The van der Waals surface area contributed by atoms with Crippen LogP contribution in [-0.4, -0.2) is 39.9 Å². The fourth-order valence-electron chi connectivity index (χ4n) is 5.02. The number of rotatable bonds is 12. The maximum Gasteiger partial charge on any atom is 0.416 e. The molecule has 1 unspecified atom stereocenters. The lowest BCUT2D eigenvalue weighted by Gasteiger charge is -2.26. The monoisotopic (exact) mass is 733 g/mol. The molecule has 0 radical (unpaired) electrons. The van der Waals surface area contributed by atoms with E-state index in [2.05, 4.69) is 9.97 Å². The first-order valence-corrected chi connectivity index (χ1v) is 16.7. The summed E-state index contributed by atoms with van der Waals surface area (Å²) < 4.78 is 147. The summed E-state index contributed by atoms with van der Waals surface area (Å²) in [5.41, 5.74) is -3.07. The van der Waals surface area contributed by atoms with E-state index in [9.17, 15) is 43.7 Å². The highest BCUT2D eigenvalue weighted by atomic mass is 32.2. The van der Waals surface area contributed by atoms with Crippen molar-refractivity contribution in [3.63, 3.8) is 0 Å². The lowest BCUT2D eigenvalue weighted by atomic mass is 9.92. The van der Waals surface area contributed by atoms with Crippen LogP contribution in [0, 0.1) is 0 Å². The zero-order chi connectivity index (χ0) is 37.0. The molecule has 1 atom stereocenters. The van der Waals surface area contributed by atoms with Gasteiger partial charge in [0, 0.05) is 35.7 Å². The Morgan fingerprint density at radius 2 is 1.36 bits per heavy atom. The van der Waals surface area contributed by atoms with Crippen LogP contribution in [0.25, 0.3) is 11.1 Å². The van der Waals surface area contributed by atoms with E-state index >= 15 is 0 Å². The lowest BCUT2D eigenvalue weighted by Crippen LogP contribution is -2.25. The highest BCUT2D eigenvalue weighted by Gasteiger charge is 2.37. The van der Waals surface area contributed by atoms with Gasteiger partial charge in [0.05, 0.1) is 48.6 Å². The van der Waals surface area contributed by atoms with Gasteiger partial charge < -0.3 is 14.4 Å². The van der Waals surface area contributed by atoms with E-state index in [1.165, 1.54) is 31.8 Å². The Bertz CT molecular complexity index is 1780. The second-order valence-electron chi connectivity index (χ2n) is 11.6. The highest BCUT2D eigenvalue weighted by molar-refractivity contribution is 7.84. The molecule has 4 aromatic rings. The summed E-state index contributed by atoms with van der Waals surface area (Å²) in [5, 5.41) is 0. The molecule has 16 heteroatoms. The van der Waals surface area contributed by atoms with E-state index in [-0.39, 0.29) is 47.2 Å². The van der Waals surface area contributed by atoms with Crippen LogP contribution in [0.2, 0.25) is 0 Å². The minimum absolute atomic E-state index is 0.0106. The van der Waals surface area contributed by atoms with Gasteiger partial charge in [0.2, 0.25) is 5.95 Å². The van der Waals surface area contributed by atoms with Gasteiger partial charge in [-0.3, -0.25) is 4.21 Å². The van der Waals surface area contributed by atoms with Crippen molar-refractivity contribution in [1.29, 1.82) is 0 Å². The highest BCUT2D eigenvalue weighted by Crippen LogP contribution is 2.40. The van der Waals surface area contributed by atoms with Crippen LogP contribution in [-0.2, 0) is 42.4 Å². The minimum Gasteiger partial charge on any atom is -0.496 e. The number of halogens is 9. The zero-order valence-corrected chi connectivity index (χ0v) is 27.9. The van der Waals surface area contributed by atoms with Gasteiger partial charge in [-0.15, -0.1) is 0 Å². The van der Waals surface area contributed by atoms with E-state index in [1.54, 1.807) is 18.2 Å². The van der Waals surface area contributed by atoms with Crippen molar-refractivity contribution >= 4 is 16.7 Å². The van der Waals surface area contributed by atoms with Crippen LogP contribution in [0.1, 0.15) is 53.1 Å². The summed E-state index contributed by atoms with van der Waals surface area (Å²) in [7, 11) is 0.210. The van der Waals surface area contributed by atoms with Gasteiger partial charge in [-0.1, -0.05) is 26.0 Å². The van der Waals surface area contributed by atoms with Crippen molar-refractivity contribution in [3.05, 3.63) is 100 Å². The third-order valence-electron chi connectivity index (χ3n) is 7.53. The summed E-state index contributed by atoms with van der Waals surface area (Å²) in [6.45, 7) is 2.71. The smallest absolute Gasteiger partial charge is 0.416 e. The standard InChI is InChI=1S/C34H32F9N3O3S/c1-20(2)22-5-8-30(48-3)29(14-22)28-7-6-24(32(35,36)37)13-23(28)19-46(31-44-16-27(17-45-31)49-9-10-50(4)47)18-21-11-25(33(38,39)40)15-26(12-21)34(41,42)43/h5-8,11-17,20H,9-10,18-19H2,1-4H3. The number of ether oxygens (including phenoxy) is 2. The summed E-state index contributed by atoms with van der Waals surface area (Å²) in [6.07, 6.45) is -11.2. The first-order chi connectivity index (χ1) is 23.3. The molecule has 0 aliphatic rings. The molecule has 0 bridgehead atoms. The van der Waals surface area contributed by atoms with Gasteiger partial charge in [-0.2, -0.15) is 39.5 Å². The van der Waals surface area contributed by atoms with Crippen LogP contribution in [0.5, 0.6) is 11.5 Å². The number of methoxy groups -OCH3 is 1. The number of nitrogens with zero attached hydrogens (tertiary/aromatic N) is 3. The van der Waals surface area contributed by atoms with E-state index < -0.39 is 64.7 Å². The molecular weight excluding hydrogens is 701 g/mol. The molecule has 4 rings (SSSR count). The summed E-state index contributed by atoms with van der Waals surface area (Å²) in [5.74, 6) is 0.413. The minimum atomic E-state index is -5.13. The number of anilines is 1. The first-order valence-electron chi connectivity index (χ1n) is 14.9. The van der Waals surface area contributed by atoms with Crippen molar-refractivity contribution in [2.24, 2.45) is 0 Å². The quantitative estimate of drug-likeness (QED) is 0.135. The largest absolute Gasteiger partial charge is 0.496 e. The normalized spacial score (nSPS) is 13.0. The lowest BCUT2D eigenvalue weighted by molar-refractivity contribution is -0.143. The summed E-state index contributed by atoms with van der Waals surface area (Å²) in [6, 6.07) is 9.22. The molecule has 1 aromatic heterocycles. The average molecular weight is 734 g/mol. The third-order valence-corrected chi connectivity index (χ3v) is 8.27. The number of hydrogen-bond acceptors (Lipinski definition) is 6. The fraction of sp³-hybridized carbons (Fsp3) is 0.353. The molecule has 270 valence electrons. The van der Waals surface area contributed by atoms with E-state index in [0.29, 0.717) is 23.4 Å². The molecule has 3 aromatic carbocycles. The molecule has 50 heavy (non-hydrogen) atoms. The Hall–Kier alpha value is -4.34. The Labute approximate surface area is 284 Å². The SMILES string of the molecule is COc1ccc(C(C)C)cc1-c1ccc(C(F)(F)F)cc1CN(Cc1cc(C(F)(F)F)cc(C(F)(F)F)c1)c1ncc(OCCS(C)=O)cn1. The number of hydrogen-bond donors (Lipinski definition) is 0. The fourth-order valence-corrected chi connectivity index (χ4v) is 5.33. The van der Waals surface area contributed by atoms with E-state index in [0.717, 1.165) is 22.6 Å². The van der Waals surface area contributed by atoms with Gasteiger partial charge in [-0.05, 0) is 70.6 Å². The van der Waals surface area contributed by atoms with Crippen LogP contribution >= 0.6 is 0 Å². The van der Waals surface area contributed by atoms with Crippen molar-refractivity contribution in [1.82, 2.24) is 9.97 Å². The maximum atomic E-state index is 14.0. The Morgan fingerprint density at radius 1 is 0.760 bits per heavy atom. The Morgan fingerprint density at radius 3 is 1.88 bits per heavy atom. The Balaban J connectivity index is 1.90. The second-order valence-corrected chi connectivity index (χ2v) is 13.2. The molecule has 0 saturated carbocycles. The molecule has 0 saturated heterocycles. The molecule has 6 nitrogen and oxygen atoms in total. The predicted molar refractivity (Wildman–Crippen MR) is 170 cm³/mol.